The number of esters is 1. The second-order valence-corrected chi connectivity index (χ2v) is 5.06. The number of aromatic nitrogens is 2. The zero-order valence-electron chi connectivity index (χ0n) is 12.4. The molecule has 0 bridgehead atoms. The molecule has 1 heterocycles. The fourth-order valence-corrected chi connectivity index (χ4v) is 2.67. The normalized spacial score (nSPS) is 13.7. The number of hydrogen-bond acceptors (Lipinski definition) is 5. The Hall–Kier alpha value is -1.65. The second-order valence-electron chi connectivity index (χ2n) is 5.06. The summed E-state index contributed by atoms with van der Waals surface area (Å²) >= 11 is 0. The van der Waals surface area contributed by atoms with Gasteiger partial charge < -0.3 is 9.64 Å². The van der Waals surface area contributed by atoms with Crippen molar-refractivity contribution in [2.75, 3.05) is 24.6 Å². The van der Waals surface area contributed by atoms with Crippen LogP contribution in [0.1, 0.15) is 44.4 Å². The van der Waals surface area contributed by atoms with E-state index in [-0.39, 0.29) is 12.5 Å². The van der Waals surface area contributed by atoms with Gasteiger partial charge in [0, 0.05) is 17.8 Å². The van der Waals surface area contributed by atoms with Gasteiger partial charge in [0.05, 0.1) is 6.61 Å². The number of aryl methyl sites for hydroxylation is 1. The summed E-state index contributed by atoms with van der Waals surface area (Å²) in [7, 11) is 0. The van der Waals surface area contributed by atoms with Gasteiger partial charge in [-0.05, 0) is 39.0 Å². The molecule has 5 heteroatoms. The highest BCUT2D eigenvalue weighted by Gasteiger charge is 2.21. The molecule has 0 fully saturated rings. The molecule has 0 saturated carbocycles. The third-order valence-corrected chi connectivity index (χ3v) is 3.52. The van der Waals surface area contributed by atoms with Crippen LogP contribution in [0.3, 0.4) is 0 Å². The molecular weight excluding hydrogens is 254 g/mol. The molecule has 0 unspecified atom stereocenters. The molecule has 0 spiro atoms. The van der Waals surface area contributed by atoms with E-state index >= 15 is 0 Å². The van der Waals surface area contributed by atoms with Crippen molar-refractivity contribution >= 4 is 11.8 Å². The molecule has 1 aromatic rings. The predicted octanol–water partition coefficient (Wildman–Crippen LogP) is 2.13. The van der Waals surface area contributed by atoms with Crippen LogP contribution in [-0.2, 0) is 22.4 Å². The maximum Gasteiger partial charge on any atom is 0.325 e. The molecule has 0 aliphatic heterocycles. The van der Waals surface area contributed by atoms with E-state index in [1.54, 1.807) is 6.33 Å². The molecule has 0 radical (unpaired) electrons. The minimum atomic E-state index is -0.191. The number of ether oxygens (including phenoxy) is 1. The van der Waals surface area contributed by atoms with Crippen molar-refractivity contribution in [1.82, 2.24) is 9.97 Å². The number of carbonyl (C=O) groups excluding carboxylic acids is 1. The molecule has 5 nitrogen and oxygen atoms in total. The zero-order valence-corrected chi connectivity index (χ0v) is 12.4. The first-order valence-corrected chi connectivity index (χ1v) is 7.49. The standard InChI is InChI=1S/C15H23N3O2/c1-3-9-18(10-14(19)20-4-2)15-12-7-5-6-8-13(12)16-11-17-15/h11H,3-10H2,1-2H3. The first-order valence-electron chi connectivity index (χ1n) is 7.49. The van der Waals surface area contributed by atoms with Gasteiger partial charge in [0.15, 0.2) is 0 Å². The molecular formula is C15H23N3O2. The second kappa shape index (κ2) is 7.22. The van der Waals surface area contributed by atoms with Crippen LogP contribution in [0.2, 0.25) is 0 Å². The molecule has 0 saturated heterocycles. The number of rotatable bonds is 6. The van der Waals surface area contributed by atoms with Crippen LogP contribution in [0.5, 0.6) is 0 Å². The number of carbonyl (C=O) groups is 1. The Labute approximate surface area is 120 Å². The fraction of sp³-hybridized carbons (Fsp3) is 0.667. The molecule has 2 rings (SSSR count). The molecule has 20 heavy (non-hydrogen) atoms. The molecule has 0 aromatic carbocycles. The summed E-state index contributed by atoms with van der Waals surface area (Å²) in [4.78, 5) is 22.6. The average molecular weight is 277 g/mol. The highest BCUT2D eigenvalue weighted by atomic mass is 16.5. The van der Waals surface area contributed by atoms with E-state index in [9.17, 15) is 4.79 Å². The summed E-state index contributed by atoms with van der Waals surface area (Å²) in [5.41, 5.74) is 2.36. The van der Waals surface area contributed by atoms with E-state index in [1.807, 2.05) is 11.8 Å². The van der Waals surface area contributed by atoms with Crippen LogP contribution in [0.15, 0.2) is 6.33 Å². The monoisotopic (exact) mass is 277 g/mol. The lowest BCUT2D eigenvalue weighted by atomic mass is 9.96. The van der Waals surface area contributed by atoms with Crippen molar-refractivity contribution in [2.45, 2.75) is 46.0 Å². The number of anilines is 1. The average Bonchev–Trinajstić information content (AvgIpc) is 2.46. The Morgan fingerprint density at radius 2 is 2.10 bits per heavy atom. The van der Waals surface area contributed by atoms with Crippen molar-refractivity contribution in [1.29, 1.82) is 0 Å². The minimum absolute atomic E-state index is 0.191. The summed E-state index contributed by atoms with van der Waals surface area (Å²) in [5, 5.41) is 0. The Morgan fingerprint density at radius 1 is 1.30 bits per heavy atom. The highest BCUT2D eigenvalue weighted by Crippen LogP contribution is 2.27. The maximum absolute atomic E-state index is 11.8. The number of nitrogens with zero attached hydrogens (tertiary/aromatic N) is 3. The lowest BCUT2D eigenvalue weighted by molar-refractivity contribution is -0.141. The summed E-state index contributed by atoms with van der Waals surface area (Å²) in [6, 6.07) is 0. The van der Waals surface area contributed by atoms with E-state index in [2.05, 4.69) is 16.9 Å². The maximum atomic E-state index is 11.8. The van der Waals surface area contributed by atoms with Gasteiger partial charge in [-0.2, -0.15) is 0 Å². The van der Waals surface area contributed by atoms with Crippen LogP contribution in [0.25, 0.3) is 0 Å². The molecule has 1 aromatic heterocycles. The van der Waals surface area contributed by atoms with E-state index in [1.165, 1.54) is 18.4 Å². The third-order valence-electron chi connectivity index (χ3n) is 3.52. The predicted molar refractivity (Wildman–Crippen MR) is 77.8 cm³/mol. The molecule has 0 amide bonds. The first kappa shape index (κ1) is 14.8. The molecule has 0 N–H and O–H groups in total. The number of fused-ring (bicyclic) bond motifs is 1. The van der Waals surface area contributed by atoms with Gasteiger partial charge in [-0.25, -0.2) is 9.97 Å². The van der Waals surface area contributed by atoms with Crippen molar-refractivity contribution in [3.8, 4) is 0 Å². The molecule has 0 atom stereocenters. The lowest BCUT2D eigenvalue weighted by Crippen LogP contribution is -2.33. The van der Waals surface area contributed by atoms with Crippen molar-refractivity contribution in [3.05, 3.63) is 17.6 Å². The quantitative estimate of drug-likeness (QED) is 0.746. The van der Waals surface area contributed by atoms with Gasteiger partial charge in [-0.15, -0.1) is 0 Å². The summed E-state index contributed by atoms with van der Waals surface area (Å²) in [6.07, 6.45) is 6.98. The summed E-state index contributed by atoms with van der Waals surface area (Å²) < 4.78 is 5.06. The zero-order chi connectivity index (χ0) is 14.4. The van der Waals surface area contributed by atoms with E-state index in [0.717, 1.165) is 37.3 Å². The van der Waals surface area contributed by atoms with Gasteiger partial charge in [0.2, 0.25) is 0 Å². The molecule has 1 aliphatic carbocycles. The summed E-state index contributed by atoms with van der Waals surface area (Å²) in [5.74, 6) is 0.730. The molecule has 1 aliphatic rings. The Morgan fingerprint density at radius 3 is 2.85 bits per heavy atom. The topological polar surface area (TPSA) is 55.3 Å². The fourth-order valence-electron chi connectivity index (χ4n) is 2.67. The highest BCUT2D eigenvalue weighted by molar-refractivity contribution is 5.75. The minimum Gasteiger partial charge on any atom is -0.465 e. The molecule has 110 valence electrons. The Bertz CT molecular complexity index is 462. The van der Waals surface area contributed by atoms with Gasteiger partial charge in [0.1, 0.15) is 18.7 Å². The van der Waals surface area contributed by atoms with Gasteiger partial charge in [-0.3, -0.25) is 4.79 Å². The van der Waals surface area contributed by atoms with Gasteiger partial charge in [0.25, 0.3) is 0 Å². The van der Waals surface area contributed by atoms with Crippen molar-refractivity contribution in [3.63, 3.8) is 0 Å². The van der Waals surface area contributed by atoms with Crippen molar-refractivity contribution in [2.24, 2.45) is 0 Å². The van der Waals surface area contributed by atoms with Gasteiger partial charge in [-0.1, -0.05) is 6.92 Å². The van der Waals surface area contributed by atoms with Gasteiger partial charge >= 0.3 is 5.97 Å². The van der Waals surface area contributed by atoms with Crippen LogP contribution in [-0.4, -0.2) is 35.6 Å². The van der Waals surface area contributed by atoms with Crippen molar-refractivity contribution < 1.29 is 9.53 Å². The third kappa shape index (κ3) is 3.46. The van der Waals surface area contributed by atoms with E-state index < -0.39 is 0 Å². The SMILES string of the molecule is CCCN(CC(=O)OCC)c1ncnc2c1CCCC2. The van der Waals surface area contributed by atoms with E-state index in [4.69, 9.17) is 4.74 Å². The number of hydrogen-bond donors (Lipinski definition) is 0. The first-order chi connectivity index (χ1) is 9.76. The van der Waals surface area contributed by atoms with Crippen LogP contribution in [0, 0.1) is 0 Å². The van der Waals surface area contributed by atoms with Crippen LogP contribution < -0.4 is 4.90 Å². The van der Waals surface area contributed by atoms with E-state index in [0.29, 0.717) is 6.61 Å². The van der Waals surface area contributed by atoms with Crippen LogP contribution >= 0.6 is 0 Å². The largest absolute Gasteiger partial charge is 0.465 e. The van der Waals surface area contributed by atoms with Crippen LogP contribution in [0.4, 0.5) is 5.82 Å². The summed E-state index contributed by atoms with van der Waals surface area (Å²) in [6.45, 7) is 5.43. The smallest absolute Gasteiger partial charge is 0.325 e. The Kier molecular flexibility index (Phi) is 5.32. The Balaban J connectivity index is 2.22. The lowest BCUT2D eigenvalue weighted by Gasteiger charge is -2.26.